The maximum Gasteiger partial charge on any atom is 0.0807 e. The summed E-state index contributed by atoms with van der Waals surface area (Å²) in [6.07, 6.45) is 3.29. The van der Waals surface area contributed by atoms with Crippen molar-refractivity contribution in [2.24, 2.45) is 0 Å². The normalized spacial score (nSPS) is 18.3. The van der Waals surface area contributed by atoms with Crippen molar-refractivity contribution in [2.45, 2.75) is 38.0 Å². The second-order valence-corrected chi connectivity index (χ2v) is 5.64. The molecule has 0 aromatic heterocycles. The van der Waals surface area contributed by atoms with Crippen LogP contribution in [-0.4, -0.2) is 4.21 Å². The third kappa shape index (κ3) is 2.20. The Morgan fingerprint density at radius 3 is 2.27 bits per heavy atom. The minimum Gasteiger partial charge on any atom is -0.249 e. The molecule has 1 aliphatic rings. The van der Waals surface area contributed by atoms with Crippen molar-refractivity contribution in [2.75, 3.05) is 0 Å². The lowest BCUT2D eigenvalue weighted by Gasteiger charge is -2.04. The number of rotatable bonds is 2. The SMILES string of the molecule is CC1=C(S(=O)c2ccc(C)cc2)CCC1. The molecule has 0 N–H and O–H groups in total. The largest absolute Gasteiger partial charge is 0.249 e. The molecule has 1 aliphatic carbocycles. The van der Waals surface area contributed by atoms with Gasteiger partial charge in [-0.3, -0.25) is 0 Å². The molecule has 1 nitrogen and oxygen atoms in total. The Bertz CT molecular complexity index is 415. The highest BCUT2D eigenvalue weighted by atomic mass is 32.2. The van der Waals surface area contributed by atoms with Gasteiger partial charge in [0.25, 0.3) is 0 Å². The van der Waals surface area contributed by atoms with E-state index in [0.29, 0.717) is 0 Å². The average molecular weight is 220 g/mol. The third-order valence-electron chi connectivity index (χ3n) is 2.89. The molecule has 0 fully saturated rings. The van der Waals surface area contributed by atoms with E-state index in [0.717, 1.165) is 22.6 Å². The second kappa shape index (κ2) is 4.31. The van der Waals surface area contributed by atoms with Gasteiger partial charge in [-0.2, -0.15) is 0 Å². The van der Waals surface area contributed by atoms with Gasteiger partial charge >= 0.3 is 0 Å². The molecule has 0 heterocycles. The van der Waals surface area contributed by atoms with Gasteiger partial charge in [0, 0.05) is 9.80 Å². The summed E-state index contributed by atoms with van der Waals surface area (Å²) >= 11 is 0. The number of hydrogen-bond donors (Lipinski definition) is 0. The highest BCUT2D eigenvalue weighted by Crippen LogP contribution is 2.30. The van der Waals surface area contributed by atoms with Crippen molar-refractivity contribution >= 4 is 10.8 Å². The van der Waals surface area contributed by atoms with Crippen molar-refractivity contribution in [3.05, 3.63) is 40.3 Å². The molecule has 1 atom stereocenters. The van der Waals surface area contributed by atoms with Crippen LogP contribution >= 0.6 is 0 Å². The molecule has 0 saturated heterocycles. The smallest absolute Gasteiger partial charge is 0.0807 e. The predicted octanol–water partition coefficient (Wildman–Crippen LogP) is 3.56. The van der Waals surface area contributed by atoms with Crippen LogP contribution in [0.15, 0.2) is 39.6 Å². The summed E-state index contributed by atoms with van der Waals surface area (Å²) in [6.45, 7) is 4.15. The fourth-order valence-electron chi connectivity index (χ4n) is 1.92. The molecule has 2 rings (SSSR count). The van der Waals surface area contributed by atoms with Crippen LogP contribution in [0.5, 0.6) is 0 Å². The van der Waals surface area contributed by atoms with E-state index in [9.17, 15) is 4.21 Å². The van der Waals surface area contributed by atoms with Crippen molar-refractivity contribution in [1.29, 1.82) is 0 Å². The van der Waals surface area contributed by atoms with E-state index >= 15 is 0 Å². The van der Waals surface area contributed by atoms with Crippen LogP contribution in [0.1, 0.15) is 31.7 Å². The van der Waals surface area contributed by atoms with Gasteiger partial charge in [0.05, 0.1) is 10.8 Å². The van der Waals surface area contributed by atoms with Crippen LogP contribution in [0.2, 0.25) is 0 Å². The topological polar surface area (TPSA) is 17.1 Å². The quantitative estimate of drug-likeness (QED) is 0.744. The molecule has 0 amide bonds. The minimum atomic E-state index is -0.917. The molecule has 0 radical (unpaired) electrons. The zero-order valence-corrected chi connectivity index (χ0v) is 10.1. The Labute approximate surface area is 93.7 Å². The fourth-order valence-corrected chi connectivity index (χ4v) is 3.34. The summed E-state index contributed by atoms with van der Waals surface area (Å²) in [5.41, 5.74) is 2.54. The van der Waals surface area contributed by atoms with Gasteiger partial charge in [-0.1, -0.05) is 23.3 Å². The second-order valence-electron chi connectivity index (χ2n) is 4.14. The number of benzene rings is 1. The molecular weight excluding hydrogens is 204 g/mol. The van der Waals surface area contributed by atoms with E-state index in [1.807, 2.05) is 31.2 Å². The zero-order valence-electron chi connectivity index (χ0n) is 9.25. The predicted molar refractivity (Wildman–Crippen MR) is 64.1 cm³/mol. The van der Waals surface area contributed by atoms with Crippen molar-refractivity contribution in [1.82, 2.24) is 0 Å². The number of allylic oxidation sites excluding steroid dienone is 2. The molecule has 1 aromatic rings. The van der Waals surface area contributed by atoms with Crippen LogP contribution in [0.25, 0.3) is 0 Å². The highest BCUT2D eigenvalue weighted by Gasteiger charge is 2.17. The summed E-state index contributed by atoms with van der Waals surface area (Å²) in [5, 5.41) is 0. The van der Waals surface area contributed by atoms with E-state index in [2.05, 4.69) is 6.92 Å². The molecule has 1 unspecified atom stereocenters. The van der Waals surface area contributed by atoms with Crippen LogP contribution in [0.3, 0.4) is 0 Å². The summed E-state index contributed by atoms with van der Waals surface area (Å²) in [6, 6.07) is 8.00. The van der Waals surface area contributed by atoms with Gasteiger partial charge in [-0.15, -0.1) is 0 Å². The first kappa shape index (κ1) is 10.6. The monoisotopic (exact) mass is 220 g/mol. The zero-order chi connectivity index (χ0) is 10.8. The Hall–Kier alpha value is -0.890. The minimum absolute atomic E-state index is 0.917. The Morgan fingerprint density at radius 2 is 1.73 bits per heavy atom. The van der Waals surface area contributed by atoms with Gasteiger partial charge in [-0.05, 0) is 45.2 Å². The molecular formula is C13H16OS. The lowest BCUT2D eigenvalue weighted by atomic mass is 10.2. The first-order valence-electron chi connectivity index (χ1n) is 5.35. The van der Waals surface area contributed by atoms with Crippen LogP contribution in [-0.2, 0) is 10.8 Å². The summed E-state index contributed by atoms with van der Waals surface area (Å²) < 4.78 is 12.2. The lowest BCUT2D eigenvalue weighted by molar-refractivity contribution is 0.685. The maximum atomic E-state index is 12.2. The average Bonchev–Trinajstić information content (AvgIpc) is 2.65. The van der Waals surface area contributed by atoms with Gasteiger partial charge in [0.15, 0.2) is 0 Å². The van der Waals surface area contributed by atoms with Crippen molar-refractivity contribution in [3.63, 3.8) is 0 Å². The summed E-state index contributed by atoms with van der Waals surface area (Å²) in [7, 11) is -0.917. The number of hydrogen-bond acceptors (Lipinski definition) is 1. The van der Waals surface area contributed by atoms with Crippen molar-refractivity contribution in [3.8, 4) is 0 Å². The fraction of sp³-hybridized carbons (Fsp3) is 0.385. The molecule has 1 aromatic carbocycles. The molecule has 80 valence electrons. The number of aryl methyl sites for hydroxylation is 1. The van der Waals surface area contributed by atoms with E-state index in [1.54, 1.807) is 0 Å². The summed E-state index contributed by atoms with van der Waals surface area (Å²) in [5.74, 6) is 0. The van der Waals surface area contributed by atoms with E-state index in [-0.39, 0.29) is 0 Å². The molecule has 0 spiro atoms. The Morgan fingerprint density at radius 1 is 1.07 bits per heavy atom. The lowest BCUT2D eigenvalue weighted by Crippen LogP contribution is -1.95. The third-order valence-corrected chi connectivity index (χ3v) is 4.59. The standard InChI is InChI=1S/C13H16OS/c1-10-6-8-12(9-7-10)15(14)13-5-3-4-11(13)2/h6-9H,3-5H2,1-2H3. The van der Waals surface area contributed by atoms with Crippen LogP contribution in [0, 0.1) is 6.92 Å². The molecule has 0 bridgehead atoms. The first-order chi connectivity index (χ1) is 7.18. The van der Waals surface area contributed by atoms with Gasteiger partial charge in [0.2, 0.25) is 0 Å². The van der Waals surface area contributed by atoms with Crippen LogP contribution < -0.4 is 0 Å². The van der Waals surface area contributed by atoms with Gasteiger partial charge in [0.1, 0.15) is 0 Å². The maximum absolute atomic E-state index is 12.2. The molecule has 2 heteroatoms. The van der Waals surface area contributed by atoms with Gasteiger partial charge < -0.3 is 0 Å². The molecule has 15 heavy (non-hydrogen) atoms. The van der Waals surface area contributed by atoms with Crippen molar-refractivity contribution < 1.29 is 4.21 Å². The van der Waals surface area contributed by atoms with E-state index < -0.39 is 10.8 Å². The van der Waals surface area contributed by atoms with E-state index in [1.165, 1.54) is 17.6 Å². The summed E-state index contributed by atoms with van der Waals surface area (Å²) in [4.78, 5) is 2.09. The van der Waals surface area contributed by atoms with E-state index in [4.69, 9.17) is 0 Å². The molecule has 0 saturated carbocycles. The first-order valence-corrected chi connectivity index (χ1v) is 6.50. The Balaban J connectivity index is 2.28. The Kier molecular flexibility index (Phi) is 3.06. The highest BCUT2D eigenvalue weighted by molar-refractivity contribution is 7.89. The molecule has 0 aliphatic heterocycles. The van der Waals surface area contributed by atoms with Gasteiger partial charge in [-0.25, -0.2) is 4.21 Å². The van der Waals surface area contributed by atoms with Crippen LogP contribution in [0.4, 0.5) is 0 Å².